The maximum Gasteiger partial charge on any atom is 0.230 e. The molecule has 1 fully saturated rings. The van der Waals surface area contributed by atoms with Crippen molar-refractivity contribution in [1.82, 2.24) is 10.1 Å². The summed E-state index contributed by atoms with van der Waals surface area (Å²) in [5, 5.41) is 4.12. The standard InChI is InChI=1S/C13H15N3O2/c14-13-11(9-3-5-15-6-4-9)12(16-18-13)10-2-1-7-17-8-10/h3-6,10H,1-2,7-8,14H2. The molecule has 3 heterocycles. The number of rotatable bonds is 2. The predicted octanol–water partition coefficient (Wildman–Crippen LogP) is 2.21. The Kier molecular flexibility index (Phi) is 2.98. The van der Waals surface area contributed by atoms with Gasteiger partial charge in [0.1, 0.15) is 0 Å². The third-order valence-electron chi connectivity index (χ3n) is 3.26. The molecular formula is C13H15N3O2. The van der Waals surface area contributed by atoms with Crippen molar-refractivity contribution < 1.29 is 9.26 Å². The van der Waals surface area contributed by atoms with Gasteiger partial charge in [-0.1, -0.05) is 5.16 Å². The fourth-order valence-electron chi connectivity index (χ4n) is 2.36. The van der Waals surface area contributed by atoms with Crippen molar-refractivity contribution in [3.05, 3.63) is 30.2 Å². The van der Waals surface area contributed by atoms with E-state index in [0.29, 0.717) is 12.5 Å². The van der Waals surface area contributed by atoms with Gasteiger partial charge >= 0.3 is 0 Å². The van der Waals surface area contributed by atoms with E-state index in [1.54, 1.807) is 12.4 Å². The second kappa shape index (κ2) is 4.78. The molecule has 0 amide bonds. The van der Waals surface area contributed by atoms with E-state index in [1.165, 1.54) is 0 Å². The Morgan fingerprint density at radius 2 is 2.11 bits per heavy atom. The van der Waals surface area contributed by atoms with Crippen LogP contribution in [0, 0.1) is 0 Å². The lowest BCUT2D eigenvalue weighted by Gasteiger charge is -2.20. The van der Waals surface area contributed by atoms with Gasteiger partial charge in [0.05, 0.1) is 17.9 Å². The van der Waals surface area contributed by atoms with Gasteiger partial charge < -0.3 is 15.0 Å². The SMILES string of the molecule is Nc1onc(C2CCCOC2)c1-c1ccncc1. The molecular weight excluding hydrogens is 230 g/mol. The minimum atomic E-state index is 0.267. The molecule has 1 atom stereocenters. The number of nitrogens with zero attached hydrogens (tertiary/aromatic N) is 2. The van der Waals surface area contributed by atoms with Crippen LogP contribution in [-0.2, 0) is 4.74 Å². The molecule has 5 heteroatoms. The van der Waals surface area contributed by atoms with Crippen molar-refractivity contribution in [2.75, 3.05) is 18.9 Å². The van der Waals surface area contributed by atoms with Gasteiger partial charge in [-0.15, -0.1) is 0 Å². The van der Waals surface area contributed by atoms with Crippen LogP contribution < -0.4 is 5.73 Å². The van der Waals surface area contributed by atoms with Crippen molar-refractivity contribution in [1.29, 1.82) is 0 Å². The number of anilines is 1. The first-order chi connectivity index (χ1) is 8.86. The highest BCUT2D eigenvalue weighted by Crippen LogP contribution is 2.36. The fourth-order valence-corrected chi connectivity index (χ4v) is 2.36. The lowest BCUT2D eigenvalue weighted by atomic mass is 9.93. The summed E-state index contributed by atoms with van der Waals surface area (Å²) in [7, 11) is 0. The van der Waals surface area contributed by atoms with Gasteiger partial charge in [0.15, 0.2) is 0 Å². The number of nitrogen functional groups attached to an aromatic ring is 1. The van der Waals surface area contributed by atoms with Gasteiger partial charge in [-0.05, 0) is 30.5 Å². The average Bonchev–Trinajstić information content (AvgIpc) is 2.83. The zero-order chi connectivity index (χ0) is 12.4. The molecule has 0 aromatic carbocycles. The topological polar surface area (TPSA) is 74.2 Å². The van der Waals surface area contributed by atoms with Gasteiger partial charge in [-0.3, -0.25) is 4.98 Å². The summed E-state index contributed by atoms with van der Waals surface area (Å²) >= 11 is 0. The minimum absolute atomic E-state index is 0.267. The normalized spacial score (nSPS) is 19.9. The maximum absolute atomic E-state index is 5.89. The quantitative estimate of drug-likeness (QED) is 0.878. The zero-order valence-electron chi connectivity index (χ0n) is 10.0. The summed E-state index contributed by atoms with van der Waals surface area (Å²) in [6.07, 6.45) is 5.59. The molecule has 0 bridgehead atoms. The van der Waals surface area contributed by atoms with Crippen LogP contribution in [0.25, 0.3) is 11.1 Å². The number of hydrogen-bond acceptors (Lipinski definition) is 5. The summed E-state index contributed by atoms with van der Waals surface area (Å²) in [5.41, 5.74) is 8.66. The van der Waals surface area contributed by atoms with Gasteiger partial charge in [0.25, 0.3) is 0 Å². The van der Waals surface area contributed by atoms with E-state index < -0.39 is 0 Å². The Balaban J connectivity index is 2.01. The first kappa shape index (κ1) is 11.2. The minimum Gasteiger partial charge on any atom is -0.381 e. The summed E-state index contributed by atoms with van der Waals surface area (Å²) < 4.78 is 10.7. The third kappa shape index (κ3) is 1.97. The van der Waals surface area contributed by atoms with E-state index in [4.69, 9.17) is 15.0 Å². The number of hydrogen-bond donors (Lipinski definition) is 1. The number of ether oxygens (including phenoxy) is 1. The van der Waals surface area contributed by atoms with Gasteiger partial charge in [0, 0.05) is 24.9 Å². The summed E-state index contributed by atoms with van der Waals surface area (Å²) in [6, 6.07) is 3.83. The molecule has 1 aliphatic rings. The van der Waals surface area contributed by atoms with Crippen molar-refractivity contribution in [2.45, 2.75) is 18.8 Å². The van der Waals surface area contributed by atoms with E-state index in [0.717, 1.165) is 36.3 Å². The molecule has 5 nitrogen and oxygen atoms in total. The largest absolute Gasteiger partial charge is 0.381 e. The van der Waals surface area contributed by atoms with Gasteiger partial charge in [-0.25, -0.2) is 0 Å². The van der Waals surface area contributed by atoms with Crippen molar-refractivity contribution in [3.63, 3.8) is 0 Å². The zero-order valence-corrected chi connectivity index (χ0v) is 10.0. The molecule has 1 saturated heterocycles. The highest BCUT2D eigenvalue weighted by Gasteiger charge is 2.25. The Hall–Kier alpha value is -1.88. The molecule has 18 heavy (non-hydrogen) atoms. The number of pyridine rings is 1. The highest BCUT2D eigenvalue weighted by molar-refractivity contribution is 5.75. The number of aromatic nitrogens is 2. The van der Waals surface area contributed by atoms with E-state index in [1.807, 2.05) is 12.1 Å². The van der Waals surface area contributed by atoms with Crippen LogP contribution in [-0.4, -0.2) is 23.4 Å². The van der Waals surface area contributed by atoms with E-state index in [2.05, 4.69) is 10.1 Å². The molecule has 0 spiro atoms. The maximum atomic E-state index is 5.89. The fraction of sp³-hybridized carbons (Fsp3) is 0.385. The third-order valence-corrected chi connectivity index (χ3v) is 3.26. The van der Waals surface area contributed by atoms with Crippen LogP contribution in [0.5, 0.6) is 0 Å². The predicted molar refractivity (Wildman–Crippen MR) is 66.9 cm³/mol. The molecule has 0 radical (unpaired) electrons. The van der Waals surface area contributed by atoms with Crippen LogP contribution >= 0.6 is 0 Å². The summed E-state index contributed by atoms with van der Waals surface area (Å²) in [5.74, 6) is 0.629. The monoisotopic (exact) mass is 245 g/mol. The Morgan fingerprint density at radius 3 is 2.83 bits per heavy atom. The Bertz CT molecular complexity index is 518. The highest BCUT2D eigenvalue weighted by atomic mass is 16.5. The molecule has 2 aromatic rings. The van der Waals surface area contributed by atoms with Crippen LogP contribution in [0.4, 0.5) is 5.88 Å². The summed E-state index contributed by atoms with van der Waals surface area (Å²) in [4.78, 5) is 4.01. The molecule has 3 rings (SSSR count). The smallest absolute Gasteiger partial charge is 0.230 e. The van der Waals surface area contributed by atoms with Crippen LogP contribution in [0.1, 0.15) is 24.5 Å². The van der Waals surface area contributed by atoms with E-state index in [9.17, 15) is 0 Å². The van der Waals surface area contributed by atoms with E-state index >= 15 is 0 Å². The molecule has 2 aromatic heterocycles. The van der Waals surface area contributed by atoms with Crippen LogP contribution in [0.2, 0.25) is 0 Å². The van der Waals surface area contributed by atoms with Crippen molar-refractivity contribution in [3.8, 4) is 11.1 Å². The van der Waals surface area contributed by atoms with Crippen LogP contribution in [0.15, 0.2) is 29.0 Å². The second-order valence-corrected chi connectivity index (χ2v) is 4.46. The van der Waals surface area contributed by atoms with E-state index in [-0.39, 0.29) is 5.92 Å². The second-order valence-electron chi connectivity index (χ2n) is 4.46. The molecule has 1 aliphatic heterocycles. The first-order valence-corrected chi connectivity index (χ1v) is 6.09. The summed E-state index contributed by atoms with van der Waals surface area (Å²) in [6.45, 7) is 1.51. The van der Waals surface area contributed by atoms with Crippen molar-refractivity contribution in [2.24, 2.45) is 0 Å². The number of nitrogens with two attached hydrogens (primary N) is 1. The molecule has 0 saturated carbocycles. The first-order valence-electron chi connectivity index (χ1n) is 6.09. The molecule has 2 N–H and O–H groups in total. The van der Waals surface area contributed by atoms with Crippen molar-refractivity contribution >= 4 is 5.88 Å². The lowest BCUT2D eigenvalue weighted by molar-refractivity contribution is 0.0785. The molecule has 0 aliphatic carbocycles. The lowest BCUT2D eigenvalue weighted by Crippen LogP contribution is -2.16. The average molecular weight is 245 g/mol. The Labute approximate surface area is 105 Å². The molecule has 1 unspecified atom stereocenters. The van der Waals surface area contributed by atoms with Gasteiger partial charge in [-0.2, -0.15) is 0 Å². The van der Waals surface area contributed by atoms with Gasteiger partial charge in [0.2, 0.25) is 5.88 Å². The molecule has 94 valence electrons. The Morgan fingerprint density at radius 1 is 1.28 bits per heavy atom. The van der Waals surface area contributed by atoms with Crippen LogP contribution in [0.3, 0.4) is 0 Å².